The summed E-state index contributed by atoms with van der Waals surface area (Å²) in [6.07, 6.45) is 0. The fraction of sp³-hybridized carbons (Fsp3) is 0.250. The molecule has 1 amide bonds. The van der Waals surface area contributed by atoms with Crippen molar-refractivity contribution in [2.24, 2.45) is 15.9 Å². The van der Waals surface area contributed by atoms with Crippen molar-refractivity contribution in [3.63, 3.8) is 0 Å². The van der Waals surface area contributed by atoms with E-state index in [-0.39, 0.29) is 17.9 Å². The van der Waals surface area contributed by atoms with Gasteiger partial charge in [0.25, 0.3) is 5.91 Å². The first-order valence-corrected chi connectivity index (χ1v) is 9.88. The molecule has 0 aromatic heterocycles. The molecule has 0 saturated heterocycles. The van der Waals surface area contributed by atoms with E-state index in [9.17, 15) is 4.79 Å². The van der Waals surface area contributed by atoms with Gasteiger partial charge in [0.1, 0.15) is 11.9 Å². The van der Waals surface area contributed by atoms with Crippen molar-refractivity contribution in [2.75, 3.05) is 0 Å². The van der Waals surface area contributed by atoms with Crippen LogP contribution in [0.25, 0.3) is 0 Å². The lowest BCUT2D eigenvalue weighted by Crippen LogP contribution is -2.46. The summed E-state index contributed by atoms with van der Waals surface area (Å²) in [5.74, 6) is 1.43. The van der Waals surface area contributed by atoms with Gasteiger partial charge in [-0.3, -0.25) is 9.69 Å². The van der Waals surface area contributed by atoms with E-state index in [1.54, 1.807) is 11.8 Å². The summed E-state index contributed by atoms with van der Waals surface area (Å²) < 4.78 is 0. The van der Waals surface area contributed by atoms with Gasteiger partial charge < -0.3 is 0 Å². The molecule has 2 aromatic carbocycles. The zero-order valence-corrected chi connectivity index (χ0v) is 16.1. The minimum atomic E-state index is -0.309. The van der Waals surface area contributed by atoms with Crippen LogP contribution in [0.1, 0.15) is 25.0 Å². The number of carbonyl (C=O) groups excluding carboxylic acids is 1. The van der Waals surface area contributed by atoms with Crippen molar-refractivity contribution in [1.29, 1.82) is 0 Å². The average molecular weight is 384 g/mol. The number of benzene rings is 2. The Morgan fingerprint density at radius 3 is 2.62 bits per heavy atom. The molecule has 1 unspecified atom stereocenters. The molecule has 0 spiro atoms. The van der Waals surface area contributed by atoms with E-state index in [1.165, 1.54) is 0 Å². The maximum Gasteiger partial charge on any atom is 0.271 e. The third-order valence-corrected chi connectivity index (χ3v) is 5.86. The molecule has 0 radical (unpaired) electrons. The summed E-state index contributed by atoms with van der Waals surface area (Å²) in [5.41, 5.74) is 2.80. The lowest BCUT2D eigenvalue weighted by molar-refractivity contribution is -0.120. The molecular formula is C20H18ClN3OS. The molecule has 26 heavy (non-hydrogen) atoms. The van der Waals surface area contributed by atoms with Gasteiger partial charge in [-0.25, -0.2) is 4.99 Å². The molecule has 0 bridgehead atoms. The summed E-state index contributed by atoms with van der Waals surface area (Å²) in [6.45, 7) is 4.08. The standard InChI is InChI=1S/C20H18ClN3OS/c1-12(2)17-19(25)23-18-14-8-4-6-10-16(14)22-20(24(17)18)26-11-13-7-3-5-9-15(13)21/h3-10,12,17H,11H2,1-2H3. The first-order valence-electron chi connectivity index (χ1n) is 8.52. The maximum atomic E-state index is 12.6. The van der Waals surface area contributed by atoms with Crippen molar-refractivity contribution in [3.8, 4) is 0 Å². The number of rotatable bonds is 3. The second-order valence-electron chi connectivity index (χ2n) is 6.62. The number of thioether (sulfide) groups is 1. The number of nitrogens with zero attached hydrogens (tertiary/aromatic N) is 3. The largest absolute Gasteiger partial charge is 0.292 e. The van der Waals surface area contributed by atoms with Crippen LogP contribution in [0.5, 0.6) is 0 Å². The predicted octanol–water partition coefficient (Wildman–Crippen LogP) is 4.89. The smallest absolute Gasteiger partial charge is 0.271 e. The number of amides is 1. The van der Waals surface area contributed by atoms with Crippen LogP contribution in [-0.4, -0.2) is 27.9 Å². The zero-order chi connectivity index (χ0) is 18.3. The van der Waals surface area contributed by atoms with Crippen molar-refractivity contribution in [1.82, 2.24) is 4.90 Å². The molecule has 2 heterocycles. The number of carbonyl (C=O) groups is 1. The second-order valence-corrected chi connectivity index (χ2v) is 7.97. The van der Waals surface area contributed by atoms with E-state index in [1.807, 2.05) is 67.3 Å². The summed E-state index contributed by atoms with van der Waals surface area (Å²) >= 11 is 7.88. The van der Waals surface area contributed by atoms with E-state index in [2.05, 4.69) is 4.99 Å². The number of halogens is 1. The highest BCUT2D eigenvalue weighted by atomic mass is 35.5. The predicted molar refractivity (Wildman–Crippen MR) is 108 cm³/mol. The summed E-state index contributed by atoms with van der Waals surface area (Å²) in [7, 11) is 0. The highest BCUT2D eigenvalue weighted by molar-refractivity contribution is 8.13. The Labute approximate surface area is 162 Å². The molecule has 2 aliphatic heterocycles. The van der Waals surface area contributed by atoms with Crippen LogP contribution >= 0.6 is 23.4 Å². The van der Waals surface area contributed by atoms with Crippen LogP contribution in [0, 0.1) is 5.92 Å². The van der Waals surface area contributed by atoms with Gasteiger partial charge >= 0.3 is 0 Å². The van der Waals surface area contributed by atoms with Crippen molar-refractivity contribution in [2.45, 2.75) is 25.6 Å². The van der Waals surface area contributed by atoms with Gasteiger partial charge in [-0.15, -0.1) is 0 Å². The van der Waals surface area contributed by atoms with E-state index >= 15 is 0 Å². The molecule has 1 atom stereocenters. The lowest BCUT2D eigenvalue weighted by Gasteiger charge is -2.32. The van der Waals surface area contributed by atoms with Gasteiger partial charge in [0.05, 0.1) is 5.69 Å². The third-order valence-electron chi connectivity index (χ3n) is 4.49. The maximum absolute atomic E-state index is 12.6. The molecular weight excluding hydrogens is 366 g/mol. The minimum absolute atomic E-state index is 0.0993. The van der Waals surface area contributed by atoms with Crippen LogP contribution in [0.15, 0.2) is 58.5 Å². The molecule has 0 N–H and O–H groups in total. The molecule has 4 rings (SSSR count). The van der Waals surface area contributed by atoms with E-state index in [0.717, 1.165) is 27.0 Å². The summed E-state index contributed by atoms with van der Waals surface area (Å²) in [4.78, 5) is 23.7. The third kappa shape index (κ3) is 2.95. The van der Waals surface area contributed by atoms with Gasteiger partial charge in [0.15, 0.2) is 5.17 Å². The fourth-order valence-corrected chi connectivity index (χ4v) is 4.55. The Balaban J connectivity index is 1.72. The van der Waals surface area contributed by atoms with Crippen molar-refractivity contribution < 1.29 is 4.79 Å². The topological polar surface area (TPSA) is 45.0 Å². The van der Waals surface area contributed by atoms with Crippen LogP contribution in [0.4, 0.5) is 5.69 Å². The minimum Gasteiger partial charge on any atom is -0.292 e. The fourth-order valence-electron chi connectivity index (χ4n) is 3.23. The molecule has 0 aliphatic carbocycles. The number of fused-ring (bicyclic) bond motifs is 3. The molecule has 0 fully saturated rings. The van der Waals surface area contributed by atoms with Gasteiger partial charge in [-0.2, -0.15) is 4.99 Å². The molecule has 132 valence electrons. The monoisotopic (exact) mass is 383 g/mol. The second kappa shape index (κ2) is 6.89. The Kier molecular flexibility index (Phi) is 4.59. The molecule has 2 aromatic rings. The zero-order valence-electron chi connectivity index (χ0n) is 14.5. The first kappa shape index (κ1) is 17.3. The Bertz CT molecular complexity index is 938. The van der Waals surface area contributed by atoms with Crippen LogP contribution < -0.4 is 0 Å². The number of amidine groups is 2. The van der Waals surface area contributed by atoms with Gasteiger partial charge in [0.2, 0.25) is 0 Å². The van der Waals surface area contributed by atoms with Gasteiger partial charge in [0, 0.05) is 16.3 Å². The Morgan fingerprint density at radius 2 is 1.85 bits per heavy atom. The lowest BCUT2D eigenvalue weighted by atomic mass is 10.0. The van der Waals surface area contributed by atoms with Crippen molar-refractivity contribution >= 4 is 46.0 Å². The van der Waals surface area contributed by atoms with Gasteiger partial charge in [-0.05, 0) is 29.7 Å². The van der Waals surface area contributed by atoms with Crippen LogP contribution in [-0.2, 0) is 10.5 Å². The SMILES string of the molecule is CC(C)C1C(=O)N=C2c3ccccc3N=C(SCc3ccccc3Cl)N21. The summed E-state index contributed by atoms with van der Waals surface area (Å²) in [5, 5.41) is 1.54. The molecule has 2 aliphatic rings. The number of hydrogen-bond acceptors (Lipinski definition) is 4. The molecule has 0 saturated carbocycles. The van der Waals surface area contributed by atoms with Crippen LogP contribution in [0.3, 0.4) is 0 Å². The number of hydrogen-bond donors (Lipinski definition) is 0. The normalized spacial score (nSPS) is 18.5. The highest BCUT2D eigenvalue weighted by Crippen LogP contribution is 2.37. The van der Waals surface area contributed by atoms with Gasteiger partial charge in [-0.1, -0.05) is 67.5 Å². The quantitative estimate of drug-likeness (QED) is 0.758. The Morgan fingerprint density at radius 1 is 1.12 bits per heavy atom. The molecule has 6 heteroatoms. The first-order chi connectivity index (χ1) is 12.6. The number of para-hydroxylation sites is 1. The highest BCUT2D eigenvalue weighted by Gasteiger charge is 2.43. The Hall–Kier alpha value is -2.11. The van der Waals surface area contributed by atoms with Crippen molar-refractivity contribution in [3.05, 3.63) is 64.7 Å². The number of aliphatic imine (C=N–C) groups is 2. The molecule has 4 nitrogen and oxygen atoms in total. The summed E-state index contributed by atoms with van der Waals surface area (Å²) in [6, 6.07) is 15.3. The van der Waals surface area contributed by atoms with Crippen LogP contribution in [0.2, 0.25) is 5.02 Å². The average Bonchev–Trinajstić information content (AvgIpc) is 2.98. The van der Waals surface area contributed by atoms with E-state index in [0.29, 0.717) is 11.6 Å². The van der Waals surface area contributed by atoms with E-state index < -0.39 is 0 Å². The van der Waals surface area contributed by atoms with E-state index in [4.69, 9.17) is 16.6 Å².